The number of carbonyl (C=O) groups excluding carboxylic acids is 1. The van der Waals surface area contributed by atoms with Crippen LogP contribution in [-0.4, -0.2) is 23.7 Å². The first kappa shape index (κ1) is 13.9. The molecule has 1 atom stereocenters. The Morgan fingerprint density at radius 2 is 2.29 bits per heavy atom. The van der Waals surface area contributed by atoms with Crippen LogP contribution in [0.2, 0.25) is 5.02 Å². The first-order valence-corrected chi connectivity index (χ1v) is 5.83. The molecule has 17 heavy (non-hydrogen) atoms. The van der Waals surface area contributed by atoms with Crippen LogP contribution in [0.1, 0.15) is 30.1 Å². The summed E-state index contributed by atoms with van der Waals surface area (Å²) in [6.07, 6.45) is 0.630. The molecule has 0 fully saturated rings. The van der Waals surface area contributed by atoms with Crippen LogP contribution in [0.3, 0.4) is 0 Å². The first-order valence-electron chi connectivity index (χ1n) is 5.46. The highest BCUT2D eigenvalue weighted by Crippen LogP contribution is 2.14. The van der Waals surface area contributed by atoms with Crippen molar-refractivity contribution in [3.63, 3.8) is 0 Å². The molecule has 0 aromatic heterocycles. The fourth-order valence-electron chi connectivity index (χ4n) is 1.32. The van der Waals surface area contributed by atoms with Crippen molar-refractivity contribution in [3.05, 3.63) is 34.6 Å². The van der Waals surface area contributed by atoms with E-state index in [1.807, 2.05) is 6.92 Å². The van der Waals surface area contributed by atoms with Crippen molar-refractivity contribution in [2.75, 3.05) is 6.54 Å². The van der Waals surface area contributed by atoms with E-state index in [0.29, 0.717) is 24.4 Å². The third-order valence-corrected chi connectivity index (χ3v) is 2.64. The van der Waals surface area contributed by atoms with Gasteiger partial charge in [-0.15, -0.1) is 0 Å². The topological polar surface area (TPSA) is 49.3 Å². The third kappa shape index (κ3) is 4.32. The molecule has 1 rings (SSSR count). The Morgan fingerprint density at radius 1 is 1.59 bits per heavy atom. The molecule has 1 unspecified atom stereocenters. The van der Waals surface area contributed by atoms with Gasteiger partial charge in [-0.1, -0.05) is 18.5 Å². The van der Waals surface area contributed by atoms with Crippen molar-refractivity contribution in [1.82, 2.24) is 5.32 Å². The van der Waals surface area contributed by atoms with Gasteiger partial charge in [-0.05, 0) is 31.0 Å². The van der Waals surface area contributed by atoms with E-state index < -0.39 is 17.8 Å². The predicted molar refractivity (Wildman–Crippen MR) is 64.7 cm³/mol. The van der Waals surface area contributed by atoms with Gasteiger partial charge in [0, 0.05) is 11.6 Å². The lowest BCUT2D eigenvalue weighted by molar-refractivity contribution is 0.0938. The summed E-state index contributed by atoms with van der Waals surface area (Å²) in [5, 5.41) is 12.1. The van der Waals surface area contributed by atoms with E-state index in [4.69, 9.17) is 11.6 Å². The van der Waals surface area contributed by atoms with Crippen LogP contribution in [0, 0.1) is 5.82 Å². The molecule has 0 aliphatic heterocycles. The zero-order chi connectivity index (χ0) is 12.8. The number of hydrogen-bond acceptors (Lipinski definition) is 2. The van der Waals surface area contributed by atoms with Gasteiger partial charge in [0.1, 0.15) is 5.82 Å². The van der Waals surface area contributed by atoms with E-state index in [2.05, 4.69) is 5.32 Å². The number of nitrogens with one attached hydrogen (secondary N) is 1. The summed E-state index contributed by atoms with van der Waals surface area (Å²) in [4.78, 5) is 11.6. The number of hydrogen-bond donors (Lipinski definition) is 2. The van der Waals surface area contributed by atoms with Crippen molar-refractivity contribution >= 4 is 17.5 Å². The third-order valence-electron chi connectivity index (χ3n) is 2.41. The molecule has 0 heterocycles. The maximum atomic E-state index is 13.3. The number of aliphatic hydroxyl groups is 1. The summed E-state index contributed by atoms with van der Waals surface area (Å²) < 4.78 is 13.3. The summed E-state index contributed by atoms with van der Waals surface area (Å²) in [7, 11) is 0. The number of rotatable bonds is 5. The van der Waals surface area contributed by atoms with Crippen molar-refractivity contribution in [1.29, 1.82) is 0 Å². The smallest absolute Gasteiger partial charge is 0.254 e. The van der Waals surface area contributed by atoms with E-state index >= 15 is 0 Å². The Kier molecular flexibility index (Phi) is 5.38. The fraction of sp³-hybridized carbons (Fsp3) is 0.417. The van der Waals surface area contributed by atoms with Crippen LogP contribution in [0.15, 0.2) is 18.2 Å². The number of benzene rings is 1. The average molecular weight is 260 g/mol. The molecule has 0 saturated heterocycles. The van der Waals surface area contributed by atoms with E-state index in [1.54, 1.807) is 0 Å². The number of halogens is 2. The summed E-state index contributed by atoms with van der Waals surface area (Å²) >= 11 is 5.68. The van der Waals surface area contributed by atoms with Crippen LogP contribution in [-0.2, 0) is 0 Å². The molecule has 0 spiro atoms. The molecule has 1 amide bonds. The minimum absolute atomic E-state index is 0.0801. The molecular formula is C12H15ClFNO2. The van der Waals surface area contributed by atoms with Crippen LogP contribution in [0.5, 0.6) is 0 Å². The van der Waals surface area contributed by atoms with Gasteiger partial charge in [0.15, 0.2) is 0 Å². The Hall–Kier alpha value is -1.13. The van der Waals surface area contributed by atoms with Crippen molar-refractivity contribution < 1.29 is 14.3 Å². The Labute approximate surface area is 105 Å². The average Bonchev–Trinajstić information content (AvgIpc) is 2.31. The second kappa shape index (κ2) is 6.57. The number of carbonyl (C=O) groups is 1. The molecule has 5 heteroatoms. The Morgan fingerprint density at radius 3 is 2.94 bits per heavy atom. The van der Waals surface area contributed by atoms with Gasteiger partial charge >= 0.3 is 0 Å². The zero-order valence-electron chi connectivity index (χ0n) is 9.54. The van der Waals surface area contributed by atoms with Crippen molar-refractivity contribution in [3.8, 4) is 0 Å². The number of aliphatic hydroxyl groups excluding tert-OH is 1. The highest BCUT2D eigenvalue weighted by Gasteiger charge is 2.12. The number of amides is 1. The molecule has 0 aliphatic carbocycles. The lowest BCUT2D eigenvalue weighted by Crippen LogP contribution is -2.27. The van der Waals surface area contributed by atoms with E-state index in [1.165, 1.54) is 12.1 Å². The van der Waals surface area contributed by atoms with E-state index in [0.717, 1.165) is 6.07 Å². The maximum Gasteiger partial charge on any atom is 0.254 e. The summed E-state index contributed by atoms with van der Waals surface area (Å²) in [6.45, 7) is 2.16. The lowest BCUT2D eigenvalue weighted by atomic mass is 10.2. The summed E-state index contributed by atoms with van der Waals surface area (Å²) in [5.74, 6) is -1.13. The monoisotopic (exact) mass is 259 g/mol. The quantitative estimate of drug-likeness (QED) is 0.853. The van der Waals surface area contributed by atoms with Gasteiger partial charge in [-0.25, -0.2) is 4.39 Å². The van der Waals surface area contributed by atoms with Gasteiger partial charge in [0.2, 0.25) is 0 Å². The van der Waals surface area contributed by atoms with Crippen LogP contribution in [0.25, 0.3) is 0 Å². The van der Waals surface area contributed by atoms with Crippen LogP contribution < -0.4 is 5.32 Å². The standard InChI is InChI=1S/C12H15ClFNO2/c1-2-9(16)5-6-15-12(17)10-7-8(13)3-4-11(10)14/h3-4,7,9,16H,2,5-6H2,1H3,(H,15,17). The van der Waals surface area contributed by atoms with Gasteiger partial charge < -0.3 is 10.4 Å². The normalized spacial score (nSPS) is 12.2. The molecule has 0 radical (unpaired) electrons. The van der Waals surface area contributed by atoms with Crippen LogP contribution in [0.4, 0.5) is 4.39 Å². The molecule has 94 valence electrons. The van der Waals surface area contributed by atoms with Crippen molar-refractivity contribution in [2.24, 2.45) is 0 Å². The Bertz CT molecular complexity index is 398. The molecular weight excluding hydrogens is 245 g/mol. The predicted octanol–water partition coefficient (Wildman–Crippen LogP) is 2.37. The molecule has 0 bridgehead atoms. The fourth-order valence-corrected chi connectivity index (χ4v) is 1.50. The minimum atomic E-state index is -0.608. The second-order valence-corrected chi connectivity index (χ2v) is 4.17. The van der Waals surface area contributed by atoms with Crippen molar-refractivity contribution in [2.45, 2.75) is 25.9 Å². The molecule has 1 aromatic carbocycles. The molecule has 3 nitrogen and oxygen atoms in total. The largest absolute Gasteiger partial charge is 0.393 e. The lowest BCUT2D eigenvalue weighted by Gasteiger charge is -2.09. The summed E-state index contributed by atoms with van der Waals surface area (Å²) in [5.41, 5.74) is -0.0801. The van der Waals surface area contributed by atoms with E-state index in [9.17, 15) is 14.3 Å². The van der Waals surface area contributed by atoms with Gasteiger partial charge in [0.05, 0.1) is 11.7 Å². The highest BCUT2D eigenvalue weighted by molar-refractivity contribution is 6.30. The summed E-state index contributed by atoms with van der Waals surface area (Å²) in [6, 6.07) is 3.81. The molecule has 1 aromatic rings. The van der Waals surface area contributed by atoms with Gasteiger partial charge in [0.25, 0.3) is 5.91 Å². The second-order valence-electron chi connectivity index (χ2n) is 3.73. The maximum absolute atomic E-state index is 13.3. The van der Waals surface area contributed by atoms with Gasteiger partial charge in [-0.3, -0.25) is 4.79 Å². The molecule has 0 saturated carbocycles. The Balaban J connectivity index is 2.55. The SMILES string of the molecule is CCC(O)CCNC(=O)c1cc(Cl)ccc1F. The minimum Gasteiger partial charge on any atom is -0.393 e. The van der Waals surface area contributed by atoms with Crippen LogP contribution >= 0.6 is 11.6 Å². The zero-order valence-corrected chi connectivity index (χ0v) is 10.3. The molecule has 0 aliphatic rings. The van der Waals surface area contributed by atoms with Gasteiger partial charge in [-0.2, -0.15) is 0 Å². The first-order chi connectivity index (χ1) is 8.04. The highest BCUT2D eigenvalue weighted by atomic mass is 35.5. The molecule has 2 N–H and O–H groups in total. The van der Waals surface area contributed by atoms with E-state index in [-0.39, 0.29) is 5.56 Å².